The number of aryl methyl sites for hydroxylation is 1. The smallest absolute Gasteiger partial charge is 0.271 e. The van der Waals surface area contributed by atoms with Gasteiger partial charge in [0.25, 0.3) is 11.8 Å². The molecule has 6 nitrogen and oxygen atoms in total. The minimum Gasteiger partial charge on any atom is -0.347 e. The first-order valence-electron chi connectivity index (χ1n) is 8.62. The zero-order chi connectivity index (χ0) is 20.6. The van der Waals surface area contributed by atoms with Crippen LogP contribution in [0.15, 0.2) is 12.1 Å². The summed E-state index contributed by atoms with van der Waals surface area (Å²) in [6, 6.07) is 1.60. The third kappa shape index (κ3) is 3.87. The number of aromatic nitrogens is 2. The molecule has 28 heavy (non-hydrogen) atoms. The summed E-state index contributed by atoms with van der Waals surface area (Å²) in [5.74, 6) is -3.79. The Balaban J connectivity index is 1.93. The Morgan fingerprint density at radius 2 is 1.93 bits per heavy atom. The van der Waals surface area contributed by atoms with Crippen LogP contribution in [0.5, 0.6) is 0 Å². The van der Waals surface area contributed by atoms with Gasteiger partial charge < -0.3 is 5.32 Å². The van der Waals surface area contributed by atoms with E-state index in [2.05, 4.69) is 29.1 Å². The number of carbonyl (C=O) groups is 2. The van der Waals surface area contributed by atoms with Crippen LogP contribution in [-0.4, -0.2) is 34.5 Å². The largest absolute Gasteiger partial charge is 0.347 e. The molecular weight excluding hydrogens is 393 g/mol. The minimum atomic E-state index is -1.40. The van der Waals surface area contributed by atoms with Crippen molar-refractivity contribution in [1.29, 1.82) is 0 Å². The van der Waals surface area contributed by atoms with Crippen molar-refractivity contribution in [3.05, 3.63) is 34.6 Å². The molecule has 0 saturated heterocycles. The highest BCUT2D eigenvalue weighted by atomic mass is 32.1. The monoisotopic (exact) mass is 412 g/mol. The second-order valence-electron chi connectivity index (χ2n) is 7.29. The van der Waals surface area contributed by atoms with Crippen molar-refractivity contribution in [2.75, 3.05) is 11.6 Å². The van der Waals surface area contributed by atoms with Gasteiger partial charge in [-0.25, -0.2) is 9.37 Å². The molecule has 1 aliphatic rings. The second-order valence-corrected chi connectivity index (χ2v) is 8.47. The highest BCUT2D eigenvalue weighted by Gasteiger charge is 2.40. The SMILES string of the molecule is Cc1sc(N(C(=O)CF)c2cc(F)nc(F)c2)nc1C(=O)NC1CCC1(C)C. The Kier molecular flexibility index (Phi) is 5.42. The van der Waals surface area contributed by atoms with E-state index in [1.165, 1.54) is 0 Å². The van der Waals surface area contributed by atoms with Crippen LogP contribution in [0.1, 0.15) is 42.1 Å². The summed E-state index contributed by atoms with van der Waals surface area (Å²) in [5.41, 5.74) is -0.173. The number of anilines is 2. The van der Waals surface area contributed by atoms with Gasteiger partial charge in [-0.15, -0.1) is 11.3 Å². The predicted octanol–water partition coefficient (Wildman–Crippen LogP) is 3.68. The van der Waals surface area contributed by atoms with Gasteiger partial charge in [0.1, 0.15) is 5.69 Å². The van der Waals surface area contributed by atoms with E-state index in [0.717, 1.165) is 41.2 Å². The molecule has 10 heteroatoms. The Hall–Kier alpha value is -2.49. The summed E-state index contributed by atoms with van der Waals surface area (Å²) < 4.78 is 40.1. The van der Waals surface area contributed by atoms with E-state index in [9.17, 15) is 22.8 Å². The van der Waals surface area contributed by atoms with Crippen LogP contribution >= 0.6 is 11.3 Å². The van der Waals surface area contributed by atoms with Gasteiger partial charge in [-0.2, -0.15) is 13.8 Å². The minimum absolute atomic E-state index is 0.00919. The fourth-order valence-corrected chi connectivity index (χ4v) is 4.00. The van der Waals surface area contributed by atoms with Crippen LogP contribution in [0.25, 0.3) is 0 Å². The number of nitrogens with zero attached hydrogens (tertiary/aromatic N) is 3. The topological polar surface area (TPSA) is 75.2 Å². The second kappa shape index (κ2) is 7.50. The molecule has 2 heterocycles. The number of rotatable bonds is 5. The maximum Gasteiger partial charge on any atom is 0.271 e. The van der Waals surface area contributed by atoms with E-state index in [1.807, 2.05) is 0 Å². The molecular formula is C18H19F3N4O2S. The van der Waals surface area contributed by atoms with Gasteiger partial charge in [-0.1, -0.05) is 13.8 Å². The predicted molar refractivity (Wildman–Crippen MR) is 98.4 cm³/mol. The van der Waals surface area contributed by atoms with Crippen LogP contribution < -0.4 is 10.2 Å². The van der Waals surface area contributed by atoms with E-state index in [0.29, 0.717) is 4.88 Å². The average molecular weight is 412 g/mol. The van der Waals surface area contributed by atoms with Crippen molar-refractivity contribution in [3.63, 3.8) is 0 Å². The third-order valence-corrected chi connectivity index (χ3v) is 5.84. The van der Waals surface area contributed by atoms with E-state index in [1.54, 1.807) is 6.92 Å². The van der Waals surface area contributed by atoms with Crippen molar-refractivity contribution < 1.29 is 22.8 Å². The molecule has 1 saturated carbocycles. The summed E-state index contributed by atoms with van der Waals surface area (Å²) in [6.45, 7) is 4.33. The average Bonchev–Trinajstić information content (AvgIpc) is 2.99. The van der Waals surface area contributed by atoms with Crippen molar-refractivity contribution >= 4 is 34.0 Å². The lowest BCUT2D eigenvalue weighted by Crippen LogP contribution is -2.52. The zero-order valence-corrected chi connectivity index (χ0v) is 16.4. The third-order valence-electron chi connectivity index (χ3n) is 4.89. The molecule has 150 valence electrons. The van der Waals surface area contributed by atoms with E-state index in [-0.39, 0.29) is 28.0 Å². The van der Waals surface area contributed by atoms with Gasteiger partial charge in [-0.3, -0.25) is 14.5 Å². The van der Waals surface area contributed by atoms with Gasteiger partial charge in [-0.05, 0) is 25.2 Å². The van der Waals surface area contributed by atoms with Crippen molar-refractivity contribution in [3.8, 4) is 0 Å². The normalized spacial score (nSPS) is 17.7. The van der Waals surface area contributed by atoms with Crippen LogP contribution in [0.4, 0.5) is 24.0 Å². The summed E-state index contributed by atoms with van der Waals surface area (Å²) in [7, 11) is 0. The molecule has 1 N–H and O–H groups in total. The molecule has 2 aromatic heterocycles. The fraction of sp³-hybridized carbons (Fsp3) is 0.444. The fourth-order valence-electron chi connectivity index (χ4n) is 3.05. The molecule has 2 amide bonds. The van der Waals surface area contributed by atoms with Crippen LogP contribution in [-0.2, 0) is 4.79 Å². The lowest BCUT2D eigenvalue weighted by atomic mass is 9.67. The maximum absolute atomic E-state index is 13.5. The standard InChI is InChI=1S/C18H19F3N4O2S/c1-9-15(16(27)22-11-4-5-18(11,2)3)24-17(28-9)25(14(26)8-19)10-6-12(20)23-13(21)7-10/h6-7,11H,4-5,8H2,1-3H3,(H,22,27). The van der Waals surface area contributed by atoms with Crippen molar-refractivity contribution in [2.24, 2.45) is 5.41 Å². The molecule has 1 unspecified atom stereocenters. The Labute approximate surface area is 163 Å². The number of nitrogens with one attached hydrogen (secondary N) is 1. The number of alkyl halides is 1. The molecule has 0 aliphatic heterocycles. The van der Waals surface area contributed by atoms with Crippen molar-refractivity contribution in [2.45, 2.75) is 39.7 Å². The van der Waals surface area contributed by atoms with Gasteiger partial charge in [0.15, 0.2) is 11.8 Å². The summed E-state index contributed by atoms with van der Waals surface area (Å²) >= 11 is 0.955. The number of hydrogen-bond donors (Lipinski definition) is 1. The lowest BCUT2D eigenvalue weighted by molar-refractivity contribution is -0.118. The number of amides is 2. The molecule has 0 radical (unpaired) electrons. The van der Waals surface area contributed by atoms with Crippen LogP contribution in [0.2, 0.25) is 0 Å². The van der Waals surface area contributed by atoms with Gasteiger partial charge in [0, 0.05) is 23.1 Å². The first kappa shape index (κ1) is 20.2. The summed E-state index contributed by atoms with van der Waals surface area (Å²) in [5, 5.41) is 2.86. The number of thiazole rings is 1. The maximum atomic E-state index is 13.5. The van der Waals surface area contributed by atoms with Crippen LogP contribution in [0.3, 0.4) is 0 Å². The van der Waals surface area contributed by atoms with Crippen LogP contribution in [0, 0.1) is 24.2 Å². The number of carbonyl (C=O) groups excluding carboxylic acids is 2. The first-order valence-corrected chi connectivity index (χ1v) is 9.44. The molecule has 0 bridgehead atoms. The molecule has 3 rings (SSSR count). The molecule has 1 aliphatic carbocycles. The molecule has 2 aromatic rings. The van der Waals surface area contributed by atoms with E-state index < -0.39 is 30.4 Å². The highest BCUT2D eigenvalue weighted by Crippen LogP contribution is 2.40. The number of halogens is 3. The van der Waals surface area contributed by atoms with Gasteiger partial charge >= 0.3 is 0 Å². The van der Waals surface area contributed by atoms with E-state index >= 15 is 0 Å². The molecule has 1 fully saturated rings. The lowest BCUT2D eigenvalue weighted by Gasteiger charge is -2.44. The Bertz CT molecular complexity index is 911. The highest BCUT2D eigenvalue weighted by molar-refractivity contribution is 7.16. The zero-order valence-electron chi connectivity index (χ0n) is 15.6. The Morgan fingerprint density at radius 1 is 1.29 bits per heavy atom. The quantitative estimate of drug-likeness (QED) is 0.761. The molecule has 0 aromatic carbocycles. The van der Waals surface area contributed by atoms with Crippen molar-refractivity contribution in [1.82, 2.24) is 15.3 Å². The Morgan fingerprint density at radius 3 is 2.43 bits per heavy atom. The number of hydrogen-bond acceptors (Lipinski definition) is 5. The van der Waals surface area contributed by atoms with Gasteiger partial charge in [0.05, 0.1) is 5.69 Å². The summed E-state index contributed by atoms with van der Waals surface area (Å²) in [6.07, 6.45) is 1.86. The van der Waals surface area contributed by atoms with E-state index in [4.69, 9.17) is 0 Å². The summed E-state index contributed by atoms with van der Waals surface area (Å²) in [4.78, 5) is 33.1. The van der Waals surface area contributed by atoms with Gasteiger partial charge in [0.2, 0.25) is 11.9 Å². The first-order chi connectivity index (χ1) is 13.1. The molecule has 1 atom stereocenters. The molecule has 0 spiro atoms. The number of pyridine rings is 1.